The van der Waals surface area contributed by atoms with Crippen molar-refractivity contribution in [3.8, 4) is 0 Å². The van der Waals surface area contributed by atoms with Crippen molar-refractivity contribution in [1.82, 2.24) is 10.6 Å². The van der Waals surface area contributed by atoms with Gasteiger partial charge in [0, 0.05) is 39.3 Å². The Balaban J connectivity index is 0.00000484. The van der Waals surface area contributed by atoms with Crippen LogP contribution in [0.2, 0.25) is 0 Å². The third-order valence-corrected chi connectivity index (χ3v) is 3.24. The summed E-state index contributed by atoms with van der Waals surface area (Å²) in [6.07, 6.45) is 7.03. The summed E-state index contributed by atoms with van der Waals surface area (Å²) in [5, 5.41) is 6.75. The number of ether oxygens (including phenoxy) is 1. The Morgan fingerprint density at radius 1 is 1.17 bits per heavy atom. The van der Waals surface area contributed by atoms with Gasteiger partial charge in [0.1, 0.15) is 5.76 Å². The van der Waals surface area contributed by atoms with Gasteiger partial charge in [-0.2, -0.15) is 0 Å². The predicted octanol–water partition coefficient (Wildman–Crippen LogP) is 3.59. The first-order valence-corrected chi connectivity index (χ1v) is 8.49. The minimum Gasteiger partial charge on any atom is -0.469 e. The molecule has 0 atom stereocenters. The van der Waals surface area contributed by atoms with Crippen molar-refractivity contribution >= 4 is 29.9 Å². The Morgan fingerprint density at radius 2 is 2.00 bits per heavy atom. The highest BCUT2D eigenvalue weighted by Gasteiger charge is 2.00. The van der Waals surface area contributed by atoms with Crippen molar-refractivity contribution in [3.05, 3.63) is 24.2 Å². The molecular weight excluding hydrogens is 405 g/mol. The summed E-state index contributed by atoms with van der Waals surface area (Å²) >= 11 is 0. The maximum absolute atomic E-state index is 5.34. The second-order valence-electron chi connectivity index (χ2n) is 5.17. The second kappa shape index (κ2) is 16.1. The van der Waals surface area contributed by atoms with Crippen molar-refractivity contribution in [1.29, 1.82) is 0 Å². The Kier molecular flexibility index (Phi) is 15.6. The quantitative estimate of drug-likeness (QED) is 0.227. The van der Waals surface area contributed by atoms with Gasteiger partial charge in [0.05, 0.1) is 6.26 Å². The lowest BCUT2D eigenvalue weighted by molar-refractivity contribution is 0.144. The second-order valence-corrected chi connectivity index (χ2v) is 5.17. The SMILES string of the molecule is CCCCNC(=NCCCCOCC)NCCc1ccco1.I. The smallest absolute Gasteiger partial charge is 0.191 e. The molecule has 0 saturated carbocycles. The fourth-order valence-corrected chi connectivity index (χ4v) is 1.97. The van der Waals surface area contributed by atoms with Crippen molar-refractivity contribution in [2.75, 3.05) is 32.8 Å². The largest absolute Gasteiger partial charge is 0.469 e. The first kappa shape index (κ1) is 22.2. The van der Waals surface area contributed by atoms with Crippen LogP contribution < -0.4 is 10.6 Å². The summed E-state index contributed by atoms with van der Waals surface area (Å²) in [6.45, 7) is 8.45. The standard InChI is InChI=1S/C17H31N3O2.HI/c1-3-5-11-18-17(19-12-6-7-14-21-4-2)20-13-10-16-9-8-15-22-16;/h8-9,15H,3-7,10-14H2,1-2H3,(H2,18,19,20);1H. The summed E-state index contributed by atoms with van der Waals surface area (Å²) in [7, 11) is 0. The van der Waals surface area contributed by atoms with Gasteiger partial charge in [-0.3, -0.25) is 4.99 Å². The van der Waals surface area contributed by atoms with E-state index in [-0.39, 0.29) is 24.0 Å². The van der Waals surface area contributed by atoms with Gasteiger partial charge >= 0.3 is 0 Å². The van der Waals surface area contributed by atoms with Crippen LogP contribution in [0.3, 0.4) is 0 Å². The molecule has 0 aliphatic rings. The van der Waals surface area contributed by atoms with Crippen LogP contribution in [0.15, 0.2) is 27.8 Å². The molecule has 23 heavy (non-hydrogen) atoms. The van der Waals surface area contributed by atoms with E-state index in [9.17, 15) is 0 Å². The molecular formula is C17H32IN3O2. The van der Waals surface area contributed by atoms with E-state index < -0.39 is 0 Å². The molecule has 0 fully saturated rings. The highest BCUT2D eigenvalue weighted by atomic mass is 127. The Hall–Kier alpha value is -0.760. The zero-order valence-corrected chi connectivity index (χ0v) is 16.8. The molecule has 0 saturated heterocycles. The molecule has 1 heterocycles. The number of unbranched alkanes of at least 4 members (excludes halogenated alkanes) is 2. The Morgan fingerprint density at radius 3 is 2.70 bits per heavy atom. The van der Waals surface area contributed by atoms with Gasteiger partial charge in [-0.05, 0) is 38.3 Å². The van der Waals surface area contributed by atoms with Crippen LogP contribution in [0, 0.1) is 0 Å². The molecule has 0 amide bonds. The number of halogens is 1. The molecule has 2 N–H and O–H groups in total. The van der Waals surface area contributed by atoms with E-state index in [0.717, 1.165) is 70.3 Å². The van der Waals surface area contributed by atoms with Gasteiger partial charge in [0.2, 0.25) is 0 Å². The molecule has 5 nitrogen and oxygen atoms in total. The van der Waals surface area contributed by atoms with Gasteiger partial charge in [-0.25, -0.2) is 0 Å². The van der Waals surface area contributed by atoms with Gasteiger partial charge in [-0.15, -0.1) is 24.0 Å². The van der Waals surface area contributed by atoms with Crippen molar-refractivity contribution < 1.29 is 9.15 Å². The zero-order chi connectivity index (χ0) is 15.9. The minimum absolute atomic E-state index is 0. The molecule has 0 aliphatic carbocycles. The lowest BCUT2D eigenvalue weighted by Crippen LogP contribution is -2.39. The molecule has 0 aromatic carbocycles. The third kappa shape index (κ3) is 12.3. The summed E-state index contributed by atoms with van der Waals surface area (Å²) in [6, 6.07) is 3.92. The molecule has 1 rings (SSSR count). The van der Waals surface area contributed by atoms with Crippen LogP contribution in [0.1, 0.15) is 45.3 Å². The number of nitrogens with zero attached hydrogens (tertiary/aromatic N) is 1. The fraction of sp³-hybridized carbons (Fsp3) is 0.706. The lowest BCUT2D eigenvalue weighted by Gasteiger charge is -2.12. The number of furan rings is 1. The predicted molar refractivity (Wildman–Crippen MR) is 107 cm³/mol. The zero-order valence-electron chi connectivity index (χ0n) is 14.5. The first-order chi connectivity index (χ1) is 10.9. The van der Waals surface area contributed by atoms with Crippen LogP contribution in [-0.4, -0.2) is 38.8 Å². The van der Waals surface area contributed by atoms with E-state index in [0.29, 0.717) is 0 Å². The van der Waals surface area contributed by atoms with Crippen molar-refractivity contribution in [2.45, 2.75) is 46.0 Å². The first-order valence-electron chi connectivity index (χ1n) is 8.49. The summed E-state index contributed by atoms with van der Waals surface area (Å²) in [5.41, 5.74) is 0. The number of guanidine groups is 1. The van der Waals surface area contributed by atoms with Crippen LogP contribution in [-0.2, 0) is 11.2 Å². The molecule has 1 aromatic heterocycles. The number of aliphatic imine (C=N–C) groups is 1. The number of rotatable bonds is 12. The molecule has 6 heteroatoms. The molecule has 0 unspecified atom stereocenters. The van der Waals surface area contributed by atoms with E-state index in [1.165, 1.54) is 6.42 Å². The Bertz CT molecular complexity index is 383. The van der Waals surface area contributed by atoms with Crippen LogP contribution in [0.25, 0.3) is 0 Å². The molecule has 0 radical (unpaired) electrons. The molecule has 0 bridgehead atoms. The summed E-state index contributed by atoms with van der Waals surface area (Å²) in [5.74, 6) is 1.90. The number of nitrogens with one attached hydrogen (secondary N) is 2. The fourth-order valence-electron chi connectivity index (χ4n) is 1.97. The summed E-state index contributed by atoms with van der Waals surface area (Å²) < 4.78 is 10.7. The van der Waals surface area contributed by atoms with E-state index in [1.54, 1.807) is 6.26 Å². The monoisotopic (exact) mass is 437 g/mol. The molecule has 0 spiro atoms. The van der Waals surface area contributed by atoms with E-state index >= 15 is 0 Å². The van der Waals surface area contributed by atoms with Crippen LogP contribution >= 0.6 is 24.0 Å². The van der Waals surface area contributed by atoms with Gasteiger partial charge in [-0.1, -0.05) is 13.3 Å². The molecule has 0 aliphatic heterocycles. The topological polar surface area (TPSA) is 58.8 Å². The van der Waals surface area contributed by atoms with Gasteiger partial charge in [0.15, 0.2) is 5.96 Å². The Labute approximate surface area is 157 Å². The lowest BCUT2D eigenvalue weighted by atomic mass is 10.3. The minimum atomic E-state index is 0. The van der Waals surface area contributed by atoms with Crippen molar-refractivity contribution in [2.24, 2.45) is 4.99 Å². The van der Waals surface area contributed by atoms with Crippen molar-refractivity contribution in [3.63, 3.8) is 0 Å². The number of hydrogen-bond acceptors (Lipinski definition) is 3. The third-order valence-electron chi connectivity index (χ3n) is 3.24. The number of hydrogen-bond donors (Lipinski definition) is 2. The van der Waals surface area contributed by atoms with Crippen LogP contribution in [0.4, 0.5) is 0 Å². The van der Waals surface area contributed by atoms with E-state index in [1.807, 2.05) is 19.1 Å². The molecule has 1 aromatic rings. The maximum atomic E-state index is 5.34. The highest BCUT2D eigenvalue weighted by molar-refractivity contribution is 14.0. The summed E-state index contributed by atoms with van der Waals surface area (Å²) in [4.78, 5) is 4.62. The average Bonchev–Trinajstić information content (AvgIpc) is 3.03. The average molecular weight is 437 g/mol. The highest BCUT2D eigenvalue weighted by Crippen LogP contribution is 1.99. The normalized spacial score (nSPS) is 11.1. The maximum Gasteiger partial charge on any atom is 0.191 e. The van der Waals surface area contributed by atoms with Gasteiger partial charge in [0.25, 0.3) is 0 Å². The van der Waals surface area contributed by atoms with Crippen LogP contribution in [0.5, 0.6) is 0 Å². The van der Waals surface area contributed by atoms with E-state index in [2.05, 4.69) is 22.5 Å². The van der Waals surface area contributed by atoms with E-state index in [4.69, 9.17) is 9.15 Å². The molecule has 134 valence electrons. The van der Waals surface area contributed by atoms with Gasteiger partial charge < -0.3 is 19.8 Å².